The largest absolute Gasteiger partial charge is 0.480 e. The summed E-state index contributed by atoms with van der Waals surface area (Å²) >= 11 is 2.66. The average molecular weight is 935 g/mol. The molecule has 0 bridgehead atoms. The van der Waals surface area contributed by atoms with Crippen LogP contribution in [0.3, 0.4) is 0 Å². The Morgan fingerprint density at radius 1 is 1.02 bits per heavy atom. The fraction of sp³-hybridized carbons (Fsp3) is 0.523. The van der Waals surface area contributed by atoms with E-state index >= 15 is 0 Å². The maximum Gasteiger partial charge on any atom is 0.408 e. The predicted molar refractivity (Wildman–Crippen MR) is 247 cm³/mol. The number of aromatic nitrogens is 1. The molecule has 21 heteroatoms. The molecule has 6 rings (SSSR count). The van der Waals surface area contributed by atoms with Crippen LogP contribution in [0.15, 0.2) is 53.5 Å². The molecule has 1 saturated heterocycles. The number of nitrogens with one attached hydrogen (secondary N) is 4. The number of likely N-dealkylation sites (tertiary alicyclic amines) is 1. The number of aliphatic carboxylic acids is 1. The topological polar surface area (TPSA) is 281 Å². The van der Waals surface area contributed by atoms with Crippen LogP contribution in [0.2, 0.25) is 0 Å². The number of carbonyl (C=O) groups excluding carboxylic acids is 6. The number of thiazole rings is 1. The van der Waals surface area contributed by atoms with Crippen molar-refractivity contribution in [2.24, 2.45) is 22.4 Å². The smallest absolute Gasteiger partial charge is 0.408 e. The number of hydrogen-bond donors (Lipinski definition) is 7. The van der Waals surface area contributed by atoms with Gasteiger partial charge in [-0.3, -0.25) is 29.0 Å². The molecule has 2 fully saturated rings. The summed E-state index contributed by atoms with van der Waals surface area (Å²) in [6.45, 7) is 1.30. The number of rotatable bonds is 23. The average Bonchev–Trinajstić information content (AvgIpc) is 3.73. The Morgan fingerprint density at radius 2 is 1.80 bits per heavy atom. The highest BCUT2D eigenvalue weighted by Crippen LogP contribution is 2.47. The molecule has 2 aliphatic heterocycles. The lowest BCUT2D eigenvalue weighted by molar-refractivity contribution is -0.141. The molecule has 3 heterocycles. The third-order valence-corrected chi connectivity index (χ3v) is 13.9. The van der Waals surface area contributed by atoms with Crippen molar-refractivity contribution in [3.63, 3.8) is 0 Å². The van der Waals surface area contributed by atoms with E-state index in [0.29, 0.717) is 72.1 Å². The number of carboxylic acid groups (broad SMARTS) is 1. The van der Waals surface area contributed by atoms with Crippen LogP contribution in [0.1, 0.15) is 74.8 Å². The molecule has 350 valence electrons. The van der Waals surface area contributed by atoms with E-state index in [1.54, 1.807) is 42.5 Å². The van der Waals surface area contributed by atoms with Crippen LogP contribution in [-0.4, -0.2) is 136 Å². The number of nitrogens with zero attached hydrogens (tertiary/aromatic N) is 4. The summed E-state index contributed by atoms with van der Waals surface area (Å²) in [4.78, 5) is 105. The van der Waals surface area contributed by atoms with Gasteiger partial charge in [0.15, 0.2) is 6.04 Å². The van der Waals surface area contributed by atoms with Gasteiger partial charge in [0.25, 0.3) is 0 Å². The van der Waals surface area contributed by atoms with Gasteiger partial charge in [-0.2, -0.15) is 0 Å². The molecule has 6 atom stereocenters. The van der Waals surface area contributed by atoms with Crippen molar-refractivity contribution in [1.29, 1.82) is 0 Å². The molecule has 65 heavy (non-hydrogen) atoms. The highest BCUT2D eigenvalue weighted by atomic mass is 32.2. The number of unbranched alkanes of at least 4 members (excludes halogenated alkanes) is 1. The highest BCUT2D eigenvalue weighted by molar-refractivity contribution is 8.15. The Morgan fingerprint density at radius 3 is 2.51 bits per heavy atom. The van der Waals surface area contributed by atoms with Gasteiger partial charge in [0.2, 0.25) is 29.5 Å². The molecule has 1 aliphatic carbocycles. The number of hydrogen-bond acceptors (Lipinski definition) is 14. The molecular weight excluding hydrogens is 877 g/mol. The SMILES string of the molecule is CN(C)CCCC1CC1(NC(=O)[C@@H]1CCCN1C(=O)[C@H](CCC(N)=O)NC(=O)OCc1ccccc1)C(=O)N[C@@H](CCCCN)C(=O)Nc1ccc2nc(C3=N[C@@H](C(=O)O)CS3)sc2c1. The standard InChI is InChI=1S/C44H58N10O9S2/c1-53(2)20-8-12-27-23-44(27,52-37(57)33-14-9-21-54(33)40(58)31(17-18-35(46)55)51-43(62)63-24-26-10-4-3-5-11-26)42(61)50-30(13-6-7-19-45)36(56)47-28-15-16-29-34(22-28)65-39(48-29)38-49-32(25-64-38)41(59)60/h3-5,10-11,15-16,22,27,30-33H,6-9,12-14,17-21,23-25,45H2,1-2H3,(H2,46,55)(H,47,56)(H,50,61)(H,51,62)(H,52,57)(H,59,60)/t27?,30-,31-,32+,33-,44?/m0/s1. The number of carboxylic acids is 1. The van der Waals surface area contributed by atoms with E-state index in [9.17, 15) is 38.7 Å². The summed E-state index contributed by atoms with van der Waals surface area (Å²) in [6, 6.07) is 10.2. The van der Waals surface area contributed by atoms with E-state index in [2.05, 4.69) is 31.2 Å². The van der Waals surface area contributed by atoms with Crippen LogP contribution in [0.25, 0.3) is 10.2 Å². The predicted octanol–water partition coefficient (Wildman–Crippen LogP) is 2.56. The van der Waals surface area contributed by atoms with Gasteiger partial charge in [-0.1, -0.05) is 30.3 Å². The normalized spacial score (nSPS) is 21.0. The second-order valence-electron chi connectivity index (χ2n) is 16.9. The third-order valence-electron chi connectivity index (χ3n) is 11.7. The molecule has 3 aromatic rings. The van der Waals surface area contributed by atoms with E-state index in [1.165, 1.54) is 28.0 Å². The summed E-state index contributed by atoms with van der Waals surface area (Å²) in [5.74, 6) is -3.68. The van der Waals surface area contributed by atoms with Crippen molar-refractivity contribution in [2.45, 2.75) is 101 Å². The van der Waals surface area contributed by atoms with Crippen molar-refractivity contribution < 1.29 is 43.4 Å². The molecule has 0 spiro atoms. The van der Waals surface area contributed by atoms with E-state index < -0.39 is 71.3 Å². The lowest BCUT2D eigenvalue weighted by atomic mass is 10.0. The molecule has 9 N–H and O–H groups in total. The maximum atomic E-state index is 14.5. The lowest BCUT2D eigenvalue weighted by Gasteiger charge is -2.30. The second kappa shape index (κ2) is 22.5. The van der Waals surface area contributed by atoms with Crippen molar-refractivity contribution in [1.82, 2.24) is 30.7 Å². The zero-order valence-electron chi connectivity index (χ0n) is 36.6. The van der Waals surface area contributed by atoms with Crippen molar-refractivity contribution in [2.75, 3.05) is 44.8 Å². The molecule has 2 aromatic carbocycles. The summed E-state index contributed by atoms with van der Waals surface area (Å²) in [7, 11) is 3.90. The van der Waals surface area contributed by atoms with Gasteiger partial charge in [0, 0.05) is 24.4 Å². The van der Waals surface area contributed by atoms with Crippen molar-refractivity contribution >= 4 is 85.6 Å². The minimum atomic E-state index is -1.35. The van der Waals surface area contributed by atoms with E-state index in [1.807, 2.05) is 25.1 Å². The van der Waals surface area contributed by atoms with Gasteiger partial charge in [0.05, 0.1) is 10.2 Å². The molecule has 6 amide bonds. The zero-order chi connectivity index (χ0) is 46.7. The summed E-state index contributed by atoms with van der Waals surface area (Å²) in [6.07, 6.45) is 2.70. The number of carbonyl (C=O) groups is 7. The second-order valence-corrected chi connectivity index (χ2v) is 18.9. The van der Waals surface area contributed by atoms with Crippen LogP contribution >= 0.6 is 23.1 Å². The first-order chi connectivity index (χ1) is 31.2. The maximum absolute atomic E-state index is 14.5. The number of benzene rings is 2. The molecule has 3 aliphatic rings. The van der Waals surface area contributed by atoms with Gasteiger partial charge in [0.1, 0.15) is 40.3 Å². The Labute approximate surface area is 385 Å². The van der Waals surface area contributed by atoms with Gasteiger partial charge in [-0.25, -0.2) is 14.6 Å². The lowest BCUT2D eigenvalue weighted by Crippen LogP contribution is -2.59. The fourth-order valence-corrected chi connectivity index (χ4v) is 10.2. The molecule has 0 radical (unpaired) electrons. The quantitative estimate of drug-likeness (QED) is 0.0675. The Bertz CT molecular complexity index is 2260. The number of nitrogens with two attached hydrogens (primary N) is 2. The summed E-state index contributed by atoms with van der Waals surface area (Å²) in [5.41, 5.74) is 11.7. The number of ether oxygens (including phenoxy) is 1. The number of anilines is 1. The monoisotopic (exact) mass is 934 g/mol. The Hall–Kier alpha value is -5.64. The number of aliphatic imine (C=N–C) groups is 1. The summed E-state index contributed by atoms with van der Waals surface area (Å²) in [5, 5.41) is 22.0. The summed E-state index contributed by atoms with van der Waals surface area (Å²) < 4.78 is 6.10. The number of thioether (sulfide) groups is 1. The zero-order valence-corrected chi connectivity index (χ0v) is 38.2. The van der Waals surface area contributed by atoms with Crippen LogP contribution in [0.5, 0.6) is 0 Å². The Balaban J connectivity index is 1.16. The van der Waals surface area contributed by atoms with Crippen LogP contribution < -0.4 is 32.7 Å². The molecule has 1 saturated carbocycles. The first kappa shape index (κ1) is 48.8. The number of alkyl carbamates (subject to hydrolysis) is 1. The fourth-order valence-electron chi connectivity index (χ4n) is 8.07. The molecular formula is C44H58N10O9S2. The van der Waals surface area contributed by atoms with Crippen LogP contribution in [-0.2, 0) is 40.1 Å². The van der Waals surface area contributed by atoms with Gasteiger partial charge in [-0.15, -0.1) is 23.1 Å². The van der Waals surface area contributed by atoms with Crippen molar-refractivity contribution in [3.05, 3.63) is 59.1 Å². The molecule has 1 aromatic heterocycles. The molecule has 2 unspecified atom stereocenters. The van der Waals surface area contributed by atoms with Crippen molar-refractivity contribution in [3.8, 4) is 0 Å². The van der Waals surface area contributed by atoms with E-state index in [-0.39, 0.29) is 38.3 Å². The number of fused-ring (bicyclic) bond motifs is 1. The van der Waals surface area contributed by atoms with Crippen LogP contribution in [0.4, 0.5) is 10.5 Å². The molecule has 19 nitrogen and oxygen atoms in total. The van der Waals surface area contributed by atoms with E-state index in [4.69, 9.17) is 16.2 Å². The first-order valence-electron chi connectivity index (χ1n) is 21.9. The number of amides is 6. The number of primary amides is 1. The minimum Gasteiger partial charge on any atom is -0.480 e. The third kappa shape index (κ3) is 13.0. The van der Waals surface area contributed by atoms with Gasteiger partial charge >= 0.3 is 12.1 Å². The van der Waals surface area contributed by atoms with Gasteiger partial charge in [-0.05, 0) is 115 Å². The Kier molecular flexibility index (Phi) is 16.9. The van der Waals surface area contributed by atoms with Gasteiger partial charge < -0.3 is 52.4 Å². The van der Waals surface area contributed by atoms with E-state index in [0.717, 1.165) is 23.2 Å². The highest BCUT2D eigenvalue weighted by Gasteiger charge is 2.61. The minimum absolute atomic E-state index is 0.0494. The first-order valence-corrected chi connectivity index (χ1v) is 23.7. The van der Waals surface area contributed by atoms with Crippen LogP contribution in [0, 0.1) is 5.92 Å².